The molecular formula is C14H18FN5O. The van der Waals surface area contributed by atoms with Crippen LogP contribution in [-0.4, -0.2) is 32.2 Å². The number of ether oxygens (including phenoxy) is 1. The molecule has 0 aromatic carbocycles. The number of aryl methyl sites for hydroxylation is 2. The van der Waals surface area contributed by atoms with Gasteiger partial charge in [-0.05, 0) is 12.8 Å². The molecule has 1 fully saturated rings. The molecule has 2 aromatic heterocycles. The minimum absolute atomic E-state index is 0.0554. The summed E-state index contributed by atoms with van der Waals surface area (Å²) in [5.41, 5.74) is 0.417. The summed E-state index contributed by atoms with van der Waals surface area (Å²) in [7, 11) is 1.92. The molecule has 21 heavy (non-hydrogen) atoms. The first-order valence-corrected chi connectivity index (χ1v) is 7.05. The number of imidazole rings is 1. The second kappa shape index (κ2) is 5.77. The first-order valence-electron chi connectivity index (χ1n) is 7.05. The van der Waals surface area contributed by atoms with Gasteiger partial charge in [0.25, 0.3) is 0 Å². The fourth-order valence-corrected chi connectivity index (χ4v) is 2.57. The fraction of sp³-hybridized carbons (Fsp3) is 0.500. The van der Waals surface area contributed by atoms with Gasteiger partial charge in [-0.25, -0.2) is 19.3 Å². The van der Waals surface area contributed by atoms with Gasteiger partial charge in [0.05, 0.1) is 11.7 Å². The van der Waals surface area contributed by atoms with Crippen LogP contribution in [0.25, 0.3) is 0 Å². The third kappa shape index (κ3) is 2.61. The molecule has 112 valence electrons. The quantitative estimate of drug-likeness (QED) is 0.931. The maximum atomic E-state index is 14.2. The molecule has 3 rings (SSSR count). The molecule has 0 unspecified atom stereocenters. The summed E-state index contributed by atoms with van der Waals surface area (Å²) in [6.07, 6.45) is 6.10. The summed E-state index contributed by atoms with van der Waals surface area (Å²) in [6.45, 7) is 2.48. The van der Waals surface area contributed by atoms with Crippen LogP contribution in [0.1, 0.15) is 31.0 Å². The van der Waals surface area contributed by atoms with Crippen LogP contribution in [0.2, 0.25) is 0 Å². The lowest BCUT2D eigenvalue weighted by Crippen LogP contribution is -2.26. The molecule has 6 nitrogen and oxygen atoms in total. The molecule has 1 N–H and O–H groups in total. The van der Waals surface area contributed by atoms with Crippen molar-refractivity contribution in [2.75, 3.05) is 11.9 Å². The smallest absolute Gasteiger partial charge is 0.186 e. The van der Waals surface area contributed by atoms with E-state index in [1.807, 2.05) is 24.7 Å². The molecule has 0 bridgehead atoms. The van der Waals surface area contributed by atoms with Gasteiger partial charge in [-0.15, -0.1) is 0 Å². The average Bonchev–Trinajstić information content (AvgIpc) is 3.09. The number of nitrogens with zero attached hydrogens (tertiary/aromatic N) is 4. The highest BCUT2D eigenvalue weighted by atomic mass is 19.1. The second-order valence-electron chi connectivity index (χ2n) is 5.06. The van der Waals surface area contributed by atoms with Crippen molar-refractivity contribution in [2.24, 2.45) is 7.05 Å². The lowest BCUT2D eigenvalue weighted by atomic mass is 10.1. The van der Waals surface area contributed by atoms with Crippen LogP contribution < -0.4 is 5.32 Å². The van der Waals surface area contributed by atoms with Gasteiger partial charge in [0.2, 0.25) is 0 Å². The molecule has 0 aliphatic carbocycles. The van der Waals surface area contributed by atoms with Crippen LogP contribution in [0.15, 0.2) is 18.7 Å². The summed E-state index contributed by atoms with van der Waals surface area (Å²) in [6, 6.07) is -0.0554. The topological polar surface area (TPSA) is 64.9 Å². The molecule has 0 radical (unpaired) electrons. The standard InChI is InChI=1S/C14H18FN5O/c1-3-9-11(15)13(18-8-17-9)19-10-4-7-21-12(10)14-16-5-6-20(14)2/h5-6,8,10,12H,3-4,7H2,1-2H3,(H,17,18,19)/t10-,12-/m0/s1. The largest absolute Gasteiger partial charge is 0.368 e. The molecule has 0 amide bonds. The fourth-order valence-electron chi connectivity index (χ4n) is 2.57. The Balaban J connectivity index is 1.83. The molecule has 2 atom stereocenters. The predicted octanol–water partition coefficient (Wildman–Crippen LogP) is 1.85. The van der Waals surface area contributed by atoms with Crippen molar-refractivity contribution in [3.8, 4) is 0 Å². The van der Waals surface area contributed by atoms with Gasteiger partial charge in [0.1, 0.15) is 18.3 Å². The SMILES string of the molecule is CCc1ncnc(N[C@H]2CCO[C@@H]2c2nccn2C)c1F. The van der Waals surface area contributed by atoms with Gasteiger partial charge in [-0.2, -0.15) is 0 Å². The molecule has 0 spiro atoms. The maximum Gasteiger partial charge on any atom is 0.186 e. The van der Waals surface area contributed by atoms with E-state index in [0.717, 1.165) is 12.2 Å². The molecular weight excluding hydrogens is 273 g/mol. The number of aromatic nitrogens is 4. The van der Waals surface area contributed by atoms with Crippen molar-refractivity contribution < 1.29 is 9.13 Å². The third-order valence-corrected chi connectivity index (χ3v) is 3.72. The number of nitrogens with one attached hydrogen (secondary N) is 1. The lowest BCUT2D eigenvalue weighted by molar-refractivity contribution is 0.0982. The van der Waals surface area contributed by atoms with Gasteiger partial charge < -0.3 is 14.6 Å². The highest BCUT2D eigenvalue weighted by Crippen LogP contribution is 2.30. The first kappa shape index (κ1) is 13.9. The Morgan fingerprint density at radius 2 is 2.29 bits per heavy atom. The first-order chi connectivity index (χ1) is 10.2. The van der Waals surface area contributed by atoms with Crippen LogP contribution in [0.5, 0.6) is 0 Å². The zero-order valence-electron chi connectivity index (χ0n) is 12.1. The van der Waals surface area contributed by atoms with Crippen LogP contribution in [0.4, 0.5) is 10.2 Å². The molecule has 1 saturated heterocycles. The predicted molar refractivity (Wildman–Crippen MR) is 75.3 cm³/mol. The number of hydrogen-bond donors (Lipinski definition) is 1. The second-order valence-corrected chi connectivity index (χ2v) is 5.06. The Morgan fingerprint density at radius 3 is 3.00 bits per heavy atom. The summed E-state index contributed by atoms with van der Waals surface area (Å²) in [4.78, 5) is 12.3. The third-order valence-electron chi connectivity index (χ3n) is 3.72. The van der Waals surface area contributed by atoms with Crippen molar-refractivity contribution in [3.05, 3.63) is 36.1 Å². The summed E-state index contributed by atoms with van der Waals surface area (Å²) in [5.74, 6) is 0.678. The van der Waals surface area contributed by atoms with E-state index in [1.165, 1.54) is 6.33 Å². The Morgan fingerprint density at radius 1 is 1.43 bits per heavy atom. The number of rotatable bonds is 4. The number of hydrogen-bond acceptors (Lipinski definition) is 5. The van der Waals surface area contributed by atoms with E-state index >= 15 is 0 Å². The molecule has 2 aromatic rings. The Labute approximate surface area is 122 Å². The Bertz CT molecular complexity index is 630. The number of halogens is 1. The van der Waals surface area contributed by atoms with Crippen LogP contribution >= 0.6 is 0 Å². The van der Waals surface area contributed by atoms with Gasteiger partial charge in [0.15, 0.2) is 11.6 Å². The normalized spacial score (nSPS) is 21.7. The number of anilines is 1. The van der Waals surface area contributed by atoms with E-state index in [9.17, 15) is 4.39 Å². The highest BCUT2D eigenvalue weighted by Gasteiger charge is 2.33. The summed E-state index contributed by atoms with van der Waals surface area (Å²) >= 11 is 0. The molecule has 1 aliphatic heterocycles. The average molecular weight is 291 g/mol. The van der Waals surface area contributed by atoms with Crippen molar-refractivity contribution in [3.63, 3.8) is 0 Å². The zero-order valence-corrected chi connectivity index (χ0v) is 12.1. The molecule has 1 aliphatic rings. The van der Waals surface area contributed by atoms with E-state index in [-0.39, 0.29) is 23.8 Å². The minimum Gasteiger partial charge on any atom is -0.368 e. The Hall–Kier alpha value is -2.02. The molecule has 3 heterocycles. The van der Waals surface area contributed by atoms with Crippen molar-refractivity contribution in [2.45, 2.75) is 31.9 Å². The van der Waals surface area contributed by atoms with E-state index in [4.69, 9.17) is 4.74 Å². The van der Waals surface area contributed by atoms with Crippen LogP contribution in [0.3, 0.4) is 0 Å². The van der Waals surface area contributed by atoms with E-state index in [1.54, 1.807) is 6.20 Å². The highest BCUT2D eigenvalue weighted by molar-refractivity contribution is 5.39. The van der Waals surface area contributed by atoms with E-state index in [2.05, 4.69) is 20.3 Å². The van der Waals surface area contributed by atoms with Crippen LogP contribution in [-0.2, 0) is 18.2 Å². The van der Waals surface area contributed by atoms with E-state index in [0.29, 0.717) is 18.7 Å². The summed E-state index contributed by atoms with van der Waals surface area (Å²) < 4.78 is 21.9. The zero-order chi connectivity index (χ0) is 14.8. The van der Waals surface area contributed by atoms with Gasteiger partial charge in [-0.1, -0.05) is 6.92 Å². The van der Waals surface area contributed by atoms with Crippen molar-refractivity contribution in [1.82, 2.24) is 19.5 Å². The van der Waals surface area contributed by atoms with Crippen molar-refractivity contribution in [1.29, 1.82) is 0 Å². The van der Waals surface area contributed by atoms with Gasteiger partial charge in [-0.3, -0.25) is 0 Å². The monoisotopic (exact) mass is 291 g/mol. The van der Waals surface area contributed by atoms with E-state index < -0.39 is 0 Å². The molecule has 0 saturated carbocycles. The van der Waals surface area contributed by atoms with Gasteiger partial charge in [0, 0.05) is 26.0 Å². The minimum atomic E-state index is -0.384. The molecule has 7 heteroatoms. The van der Waals surface area contributed by atoms with Gasteiger partial charge >= 0.3 is 0 Å². The lowest BCUT2D eigenvalue weighted by Gasteiger charge is -2.20. The van der Waals surface area contributed by atoms with Crippen molar-refractivity contribution >= 4 is 5.82 Å². The Kier molecular flexibility index (Phi) is 3.83. The summed E-state index contributed by atoms with van der Waals surface area (Å²) in [5, 5.41) is 3.14. The maximum absolute atomic E-state index is 14.2. The van der Waals surface area contributed by atoms with Crippen LogP contribution in [0, 0.1) is 5.82 Å².